The Morgan fingerprint density at radius 2 is 1.75 bits per heavy atom. The molecule has 16 heavy (non-hydrogen) atoms. The maximum Gasteiger partial charge on any atom is 0.0846 e. The highest BCUT2D eigenvalue weighted by Crippen LogP contribution is 2.24. The number of rotatable bonds is 4. The van der Waals surface area contributed by atoms with Gasteiger partial charge in [0.2, 0.25) is 0 Å². The maximum absolute atomic E-state index is 9.92. The molecule has 0 heterocycles. The van der Waals surface area contributed by atoms with Crippen LogP contribution in [0.15, 0.2) is 42.5 Å². The molecule has 1 aromatic carbocycles. The third-order valence-corrected chi connectivity index (χ3v) is 6.28. The van der Waals surface area contributed by atoms with Crippen LogP contribution in [0.1, 0.15) is 13.8 Å². The van der Waals surface area contributed by atoms with Crippen molar-refractivity contribution in [1.29, 1.82) is 0 Å². The molecule has 0 aliphatic heterocycles. The van der Waals surface area contributed by atoms with Crippen LogP contribution in [0.5, 0.6) is 0 Å². The molecule has 0 spiro atoms. The minimum absolute atomic E-state index is 0.765. The van der Waals surface area contributed by atoms with Crippen molar-refractivity contribution in [2.75, 3.05) is 0 Å². The molecule has 0 saturated heterocycles. The van der Waals surface area contributed by atoms with Gasteiger partial charge in [-0.25, -0.2) is 0 Å². The molecule has 2 heteroatoms. The van der Waals surface area contributed by atoms with Crippen molar-refractivity contribution < 1.29 is 5.11 Å². The topological polar surface area (TPSA) is 20.2 Å². The van der Waals surface area contributed by atoms with Gasteiger partial charge < -0.3 is 5.11 Å². The van der Waals surface area contributed by atoms with E-state index in [9.17, 15) is 5.11 Å². The molecule has 1 N–H and O–H groups in total. The minimum atomic E-state index is -1.51. The summed E-state index contributed by atoms with van der Waals surface area (Å²) < 4.78 is 0. The van der Waals surface area contributed by atoms with E-state index in [4.69, 9.17) is 0 Å². The molecule has 0 amide bonds. The van der Waals surface area contributed by atoms with E-state index in [1.807, 2.05) is 19.9 Å². The molecule has 88 valence electrons. The highest BCUT2D eigenvalue weighted by atomic mass is 28.3. The molecule has 0 fully saturated rings. The summed E-state index contributed by atoms with van der Waals surface area (Å²) in [6.45, 7) is 12.3. The third kappa shape index (κ3) is 3.32. The first kappa shape index (κ1) is 13.2. The second-order valence-electron chi connectivity index (χ2n) is 5.59. The van der Waals surface area contributed by atoms with Crippen LogP contribution in [0, 0.1) is 0 Å². The minimum Gasteiger partial charge on any atom is -0.386 e. The van der Waals surface area contributed by atoms with Crippen molar-refractivity contribution in [1.82, 2.24) is 0 Å². The fourth-order valence-corrected chi connectivity index (χ4v) is 4.54. The molecular formula is C14H22OSi. The van der Waals surface area contributed by atoms with E-state index in [1.54, 1.807) is 0 Å². The maximum atomic E-state index is 9.92. The zero-order valence-electron chi connectivity index (χ0n) is 10.7. The normalized spacial score (nSPS) is 12.6. The van der Waals surface area contributed by atoms with Crippen LogP contribution in [0.4, 0.5) is 0 Å². The Labute approximate surface area is 99.8 Å². The van der Waals surface area contributed by atoms with Crippen LogP contribution in [-0.4, -0.2) is 18.8 Å². The van der Waals surface area contributed by atoms with Gasteiger partial charge in [0.15, 0.2) is 0 Å². The summed E-state index contributed by atoms with van der Waals surface area (Å²) in [5.74, 6) is 0. The van der Waals surface area contributed by atoms with Crippen LogP contribution in [-0.2, 0) is 0 Å². The van der Waals surface area contributed by atoms with E-state index in [0.29, 0.717) is 0 Å². The standard InChI is InChI=1S/C14H22OSi/c1-12(14(2,3)15)11-16(4,5)13-9-7-6-8-10-13/h6-10,15H,1,11H2,2-5H3. The largest absolute Gasteiger partial charge is 0.386 e. The molecule has 1 aromatic rings. The lowest BCUT2D eigenvalue weighted by Gasteiger charge is -2.29. The van der Waals surface area contributed by atoms with Gasteiger partial charge in [-0.2, -0.15) is 0 Å². The summed E-state index contributed by atoms with van der Waals surface area (Å²) >= 11 is 0. The highest BCUT2D eigenvalue weighted by molar-refractivity contribution is 6.90. The van der Waals surface area contributed by atoms with Crippen molar-refractivity contribution in [3.63, 3.8) is 0 Å². The molecule has 0 aliphatic carbocycles. The Morgan fingerprint density at radius 1 is 1.25 bits per heavy atom. The second-order valence-corrected chi connectivity index (χ2v) is 10.3. The van der Waals surface area contributed by atoms with Crippen molar-refractivity contribution in [3.8, 4) is 0 Å². The molecule has 0 saturated carbocycles. The van der Waals surface area contributed by atoms with Gasteiger partial charge in [-0.15, -0.1) is 0 Å². The summed E-state index contributed by atoms with van der Waals surface area (Å²) in [6, 6.07) is 11.5. The van der Waals surface area contributed by atoms with Gasteiger partial charge in [-0.3, -0.25) is 0 Å². The molecule has 0 bridgehead atoms. The fourth-order valence-electron chi connectivity index (χ4n) is 1.74. The van der Waals surface area contributed by atoms with Crippen molar-refractivity contribution in [2.24, 2.45) is 0 Å². The Bertz CT molecular complexity index is 360. The van der Waals surface area contributed by atoms with Crippen LogP contribution in [0.25, 0.3) is 0 Å². The summed E-state index contributed by atoms with van der Waals surface area (Å²) in [5.41, 5.74) is 0.173. The molecular weight excluding hydrogens is 212 g/mol. The molecule has 0 radical (unpaired) electrons. The van der Waals surface area contributed by atoms with E-state index in [1.165, 1.54) is 5.19 Å². The van der Waals surface area contributed by atoms with Crippen LogP contribution >= 0.6 is 0 Å². The van der Waals surface area contributed by atoms with E-state index < -0.39 is 13.7 Å². The molecule has 0 atom stereocenters. The Hall–Kier alpha value is -0.863. The van der Waals surface area contributed by atoms with E-state index >= 15 is 0 Å². The predicted octanol–water partition coefficient (Wildman–Crippen LogP) is 2.93. The summed E-state index contributed by atoms with van der Waals surface area (Å²) in [5, 5.41) is 11.3. The quantitative estimate of drug-likeness (QED) is 0.627. The van der Waals surface area contributed by atoms with Gasteiger partial charge in [0.25, 0.3) is 0 Å². The average molecular weight is 234 g/mol. The van der Waals surface area contributed by atoms with E-state index in [-0.39, 0.29) is 0 Å². The van der Waals surface area contributed by atoms with Crippen molar-refractivity contribution >= 4 is 13.3 Å². The predicted molar refractivity (Wildman–Crippen MR) is 73.8 cm³/mol. The highest BCUT2D eigenvalue weighted by Gasteiger charge is 2.28. The Kier molecular flexibility index (Phi) is 3.76. The van der Waals surface area contributed by atoms with Gasteiger partial charge in [-0.1, -0.05) is 55.2 Å². The average Bonchev–Trinajstić information content (AvgIpc) is 2.17. The molecule has 1 nitrogen and oxygen atoms in total. The fraction of sp³-hybridized carbons (Fsp3) is 0.429. The van der Waals surface area contributed by atoms with Gasteiger partial charge in [0.05, 0.1) is 13.7 Å². The zero-order chi connectivity index (χ0) is 12.4. The third-order valence-electron chi connectivity index (χ3n) is 3.08. The van der Waals surface area contributed by atoms with Crippen molar-refractivity contribution in [2.45, 2.75) is 38.6 Å². The first-order valence-electron chi connectivity index (χ1n) is 5.69. The second kappa shape index (κ2) is 4.56. The van der Waals surface area contributed by atoms with Gasteiger partial charge in [-0.05, 0) is 25.5 Å². The SMILES string of the molecule is C=C(C[Si](C)(C)c1ccccc1)C(C)(C)O. The Balaban J connectivity index is 2.85. The van der Waals surface area contributed by atoms with Crippen LogP contribution in [0.3, 0.4) is 0 Å². The summed E-state index contributed by atoms with van der Waals surface area (Å²) in [7, 11) is -1.51. The molecule has 0 aromatic heterocycles. The van der Waals surface area contributed by atoms with Gasteiger partial charge in [0, 0.05) is 0 Å². The first-order chi connectivity index (χ1) is 7.23. The lowest BCUT2D eigenvalue weighted by Crippen LogP contribution is -2.43. The van der Waals surface area contributed by atoms with Crippen molar-refractivity contribution in [3.05, 3.63) is 42.5 Å². The molecule has 1 rings (SSSR count). The Morgan fingerprint density at radius 3 is 2.19 bits per heavy atom. The monoisotopic (exact) mass is 234 g/mol. The van der Waals surface area contributed by atoms with E-state index in [0.717, 1.165) is 11.6 Å². The molecule has 0 aliphatic rings. The smallest absolute Gasteiger partial charge is 0.0846 e. The van der Waals surface area contributed by atoms with Crippen LogP contribution < -0.4 is 5.19 Å². The lowest BCUT2D eigenvalue weighted by molar-refractivity contribution is 0.120. The first-order valence-corrected chi connectivity index (χ1v) is 8.90. The zero-order valence-corrected chi connectivity index (χ0v) is 11.7. The number of hydrogen-bond acceptors (Lipinski definition) is 1. The summed E-state index contributed by atoms with van der Waals surface area (Å²) in [4.78, 5) is 0. The number of aliphatic hydroxyl groups is 1. The van der Waals surface area contributed by atoms with Gasteiger partial charge >= 0.3 is 0 Å². The van der Waals surface area contributed by atoms with Gasteiger partial charge in [0.1, 0.15) is 0 Å². The molecule has 0 unspecified atom stereocenters. The van der Waals surface area contributed by atoms with Crippen LogP contribution in [0.2, 0.25) is 19.1 Å². The summed E-state index contributed by atoms with van der Waals surface area (Å²) in [6.07, 6.45) is 0. The van der Waals surface area contributed by atoms with E-state index in [2.05, 4.69) is 43.9 Å². The number of benzene rings is 1. The number of hydrogen-bond donors (Lipinski definition) is 1. The lowest BCUT2D eigenvalue weighted by atomic mass is 10.0.